The summed E-state index contributed by atoms with van der Waals surface area (Å²) in [5.74, 6) is 5.77. The van der Waals surface area contributed by atoms with E-state index in [-0.39, 0.29) is 12.5 Å². The fourth-order valence-electron chi connectivity index (χ4n) is 1.33. The third-order valence-electron chi connectivity index (χ3n) is 2.15. The van der Waals surface area contributed by atoms with E-state index in [0.29, 0.717) is 16.9 Å². The van der Waals surface area contributed by atoms with E-state index in [4.69, 9.17) is 9.84 Å². The third-order valence-corrected chi connectivity index (χ3v) is 2.15. The molecule has 0 aliphatic heterocycles. The number of carbonyl (C=O) groups excluding carboxylic acids is 1. The Morgan fingerprint density at radius 2 is 2.18 bits per heavy atom. The first-order chi connectivity index (χ1) is 8.10. The van der Waals surface area contributed by atoms with Crippen LogP contribution >= 0.6 is 0 Å². The van der Waals surface area contributed by atoms with Gasteiger partial charge in [-0.15, -0.1) is 0 Å². The highest BCUT2D eigenvalue weighted by Crippen LogP contribution is 2.19. The number of carbonyl (C=O) groups is 1. The molecule has 0 aliphatic rings. The van der Waals surface area contributed by atoms with Crippen LogP contribution in [-0.4, -0.2) is 43.7 Å². The molecular formula is C13H15NO3. The third kappa shape index (κ3) is 3.23. The minimum Gasteiger partial charge on any atom is -0.495 e. The van der Waals surface area contributed by atoms with Gasteiger partial charge in [0, 0.05) is 19.7 Å². The standard InChI is InChI=1S/C13H15NO3/c1-14(2)13(16)11-6-7-12(17-3)10(9-11)5-4-8-15/h6-7,9,15H,8H2,1-3H3. The fourth-order valence-corrected chi connectivity index (χ4v) is 1.33. The van der Waals surface area contributed by atoms with Gasteiger partial charge in [0.1, 0.15) is 12.4 Å². The van der Waals surface area contributed by atoms with Gasteiger partial charge >= 0.3 is 0 Å². The Balaban J connectivity index is 3.17. The Labute approximate surface area is 101 Å². The molecule has 0 aromatic heterocycles. The fraction of sp³-hybridized carbons (Fsp3) is 0.308. The van der Waals surface area contributed by atoms with Gasteiger partial charge in [0.15, 0.2) is 0 Å². The van der Waals surface area contributed by atoms with Gasteiger partial charge in [-0.3, -0.25) is 4.79 Å². The van der Waals surface area contributed by atoms with Gasteiger partial charge in [0.2, 0.25) is 0 Å². The quantitative estimate of drug-likeness (QED) is 0.766. The van der Waals surface area contributed by atoms with Crippen molar-refractivity contribution in [3.63, 3.8) is 0 Å². The summed E-state index contributed by atoms with van der Waals surface area (Å²) in [5.41, 5.74) is 1.13. The van der Waals surface area contributed by atoms with Gasteiger partial charge in [-0.25, -0.2) is 0 Å². The van der Waals surface area contributed by atoms with Gasteiger partial charge in [0.25, 0.3) is 5.91 Å². The van der Waals surface area contributed by atoms with Crippen LogP contribution < -0.4 is 4.74 Å². The minimum absolute atomic E-state index is 0.0975. The van der Waals surface area contributed by atoms with Crippen molar-refractivity contribution in [2.75, 3.05) is 27.8 Å². The largest absolute Gasteiger partial charge is 0.495 e. The SMILES string of the molecule is COc1ccc(C(=O)N(C)C)cc1C#CCO. The van der Waals surface area contributed by atoms with Crippen molar-refractivity contribution in [1.29, 1.82) is 0 Å². The van der Waals surface area contributed by atoms with Crippen LogP contribution in [0.4, 0.5) is 0 Å². The van der Waals surface area contributed by atoms with Crippen LogP contribution in [0.25, 0.3) is 0 Å². The molecule has 1 rings (SSSR count). The first-order valence-electron chi connectivity index (χ1n) is 5.09. The van der Waals surface area contributed by atoms with Crippen LogP contribution in [0.5, 0.6) is 5.75 Å². The van der Waals surface area contributed by atoms with Crippen molar-refractivity contribution in [1.82, 2.24) is 4.90 Å². The van der Waals surface area contributed by atoms with E-state index in [1.165, 1.54) is 12.0 Å². The molecule has 0 saturated heterocycles. The lowest BCUT2D eigenvalue weighted by atomic mass is 10.1. The molecule has 0 atom stereocenters. The molecule has 0 bridgehead atoms. The van der Waals surface area contributed by atoms with Gasteiger partial charge in [-0.1, -0.05) is 11.8 Å². The average Bonchev–Trinajstić information content (AvgIpc) is 2.34. The number of methoxy groups -OCH3 is 1. The van der Waals surface area contributed by atoms with E-state index >= 15 is 0 Å². The van der Waals surface area contributed by atoms with Gasteiger partial charge in [0.05, 0.1) is 12.7 Å². The predicted octanol–water partition coefficient (Wildman–Crippen LogP) is 0.741. The molecule has 1 aromatic rings. The smallest absolute Gasteiger partial charge is 0.253 e. The molecule has 17 heavy (non-hydrogen) atoms. The van der Waals surface area contributed by atoms with Crippen molar-refractivity contribution >= 4 is 5.91 Å². The van der Waals surface area contributed by atoms with E-state index in [2.05, 4.69) is 11.8 Å². The lowest BCUT2D eigenvalue weighted by Gasteiger charge is -2.11. The zero-order valence-corrected chi connectivity index (χ0v) is 10.2. The predicted molar refractivity (Wildman–Crippen MR) is 65.0 cm³/mol. The molecule has 0 saturated carbocycles. The molecule has 4 nitrogen and oxygen atoms in total. The van der Waals surface area contributed by atoms with E-state index in [9.17, 15) is 4.79 Å². The van der Waals surface area contributed by atoms with Gasteiger partial charge < -0.3 is 14.7 Å². The molecule has 4 heteroatoms. The number of aliphatic hydroxyl groups excluding tert-OH is 1. The van der Waals surface area contributed by atoms with Crippen LogP contribution in [0, 0.1) is 11.8 Å². The Kier molecular flexibility index (Phi) is 4.56. The minimum atomic E-state index is -0.227. The Morgan fingerprint density at radius 3 is 2.71 bits per heavy atom. The Bertz CT molecular complexity index is 469. The van der Waals surface area contributed by atoms with Gasteiger partial charge in [-0.05, 0) is 18.2 Å². The lowest BCUT2D eigenvalue weighted by molar-refractivity contribution is 0.0827. The molecule has 90 valence electrons. The highest BCUT2D eigenvalue weighted by molar-refractivity contribution is 5.94. The van der Waals surface area contributed by atoms with Crippen LogP contribution in [-0.2, 0) is 0 Å². The van der Waals surface area contributed by atoms with E-state index in [1.54, 1.807) is 32.3 Å². The van der Waals surface area contributed by atoms with E-state index in [1.807, 2.05) is 0 Å². The Morgan fingerprint density at radius 1 is 1.47 bits per heavy atom. The second-order valence-corrected chi connectivity index (χ2v) is 3.57. The molecule has 1 N–H and O–H groups in total. The number of nitrogens with zero attached hydrogens (tertiary/aromatic N) is 1. The van der Waals surface area contributed by atoms with E-state index in [0.717, 1.165) is 0 Å². The van der Waals surface area contributed by atoms with Crippen molar-refractivity contribution in [3.8, 4) is 17.6 Å². The molecule has 1 aromatic carbocycles. The summed E-state index contributed by atoms with van der Waals surface area (Å²) in [7, 11) is 4.91. The summed E-state index contributed by atoms with van der Waals surface area (Å²) in [5, 5.41) is 8.67. The van der Waals surface area contributed by atoms with Crippen LogP contribution in [0.1, 0.15) is 15.9 Å². The summed E-state index contributed by atoms with van der Waals surface area (Å²) in [6.07, 6.45) is 0. The number of amides is 1. The van der Waals surface area contributed by atoms with Crippen molar-refractivity contribution in [3.05, 3.63) is 29.3 Å². The summed E-state index contributed by atoms with van der Waals surface area (Å²) in [4.78, 5) is 13.2. The van der Waals surface area contributed by atoms with Crippen LogP contribution in [0.2, 0.25) is 0 Å². The number of rotatable bonds is 2. The second kappa shape index (κ2) is 5.92. The lowest BCUT2D eigenvalue weighted by Crippen LogP contribution is -2.21. The number of hydrogen-bond donors (Lipinski definition) is 1. The van der Waals surface area contributed by atoms with Gasteiger partial charge in [-0.2, -0.15) is 0 Å². The summed E-state index contributed by atoms with van der Waals surface area (Å²) in [6.45, 7) is -0.227. The normalized spacial score (nSPS) is 9.18. The van der Waals surface area contributed by atoms with Crippen LogP contribution in [0.15, 0.2) is 18.2 Å². The molecule has 0 unspecified atom stereocenters. The number of aliphatic hydroxyl groups is 1. The molecule has 0 heterocycles. The average molecular weight is 233 g/mol. The molecule has 0 radical (unpaired) electrons. The summed E-state index contributed by atoms with van der Waals surface area (Å²) >= 11 is 0. The first-order valence-corrected chi connectivity index (χ1v) is 5.09. The van der Waals surface area contributed by atoms with Crippen molar-refractivity contribution in [2.24, 2.45) is 0 Å². The molecule has 0 aliphatic carbocycles. The maximum atomic E-state index is 11.8. The number of hydrogen-bond acceptors (Lipinski definition) is 3. The first kappa shape index (κ1) is 13.1. The van der Waals surface area contributed by atoms with Crippen molar-refractivity contribution < 1.29 is 14.6 Å². The van der Waals surface area contributed by atoms with Crippen LogP contribution in [0.3, 0.4) is 0 Å². The van der Waals surface area contributed by atoms with E-state index < -0.39 is 0 Å². The van der Waals surface area contributed by atoms with Crippen molar-refractivity contribution in [2.45, 2.75) is 0 Å². The zero-order chi connectivity index (χ0) is 12.8. The molecule has 1 amide bonds. The monoisotopic (exact) mass is 233 g/mol. The molecule has 0 spiro atoms. The Hall–Kier alpha value is -1.99. The zero-order valence-electron chi connectivity index (χ0n) is 10.2. The molecule has 0 fully saturated rings. The highest BCUT2D eigenvalue weighted by atomic mass is 16.5. The second-order valence-electron chi connectivity index (χ2n) is 3.57. The number of benzene rings is 1. The maximum Gasteiger partial charge on any atom is 0.253 e. The summed E-state index contributed by atoms with van der Waals surface area (Å²) in [6, 6.07) is 5.03. The topological polar surface area (TPSA) is 49.8 Å². The highest BCUT2D eigenvalue weighted by Gasteiger charge is 2.10. The molecular weight excluding hydrogens is 218 g/mol. The number of ether oxygens (including phenoxy) is 1. The maximum absolute atomic E-state index is 11.8. The summed E-state index contributed by atoms with van der Waals surface area (Å²) < 4.78 is 5.13.